The van der Waals surface area contributed by atoms with E-state index in [4.69, 9.17) is 17.3 Å². The number of nitrogens with zero attached hydrogens (tertiary/aromatic N) is 2. The van der Waals surface area contributed by atoms with Gasteiger partial charge in [0, 0.05) is 22.5 Å². The molecular formula is C13H10ClN3. The number of hydrogen-bond acceptors (Lipinski definition) is 2. The summed E-state index contributed by atoms with van der Waals surface area (Å²) in [5.41, 5.74) is 8.55. The maximum Gasteiger partial charge on any atom is 0.146 e. The summed E-state index contributed by atoms with van der Waals surface area (Å²) >= 11 is 5.94. The van der Waals surface area contributed by atoms with Crippen LogP contribution in [0.4, 0.5) is 5.69 Å². The second-order valence-electron chi connectivity index (χ2n) is 3.81. The summed E-state index contributed by atoms with van der Waals surface area (Å²) in [6, 6.07) is 11.4. The Kier molecular flexibility index (Phi) is 2.27. The molecule has 4 heteroatoms. The van der Waals surface area contributed by atoms with E-state index in [0.29, 0.717) is 5.02 Å². The van der Waals surface area contributed by atoms with E-state index in [2.05, 4.69) is 4.98 Å². The first-order valence-electron chi connectivity index (χ1n) is 5.23. The van der Waals surface area contributed by atoms with Crippen molar-refractivity contribution in [1.29, 1.82) is 0 Å². The van der Waals surface area contributed by atoms with Crippen molar-refractivity contribution in [1.82, 2.24) is 9.38 Å². The standard InChI is InChI=1S/C13H10ClN3/c14-9-5-6-17-10(7-9)8-16-13(17)11-3-1-2-4-12(11)15/h1-8H,15H2. The fraction of sp³-hybridized carbons (Fsp3) is 0. The molecule has 84 valence electrons. The SMILES string of the molecule is Nc1ccccc1-c1ncc2cc(Cl)ccn12. The van der Waals surface area contributed by atoms with E-state index in [1.807, 2.05) is 47.0 Å². The number of halogens is 1. The van der Waals surface area contributed by atoms with Gasteiger partial charge in [-0.3, -0.25) is 4.40 Å². The molecule has 0 aliphatic rings. The predicted octanol–water partition coefficient (Wildman–Crippen LogP) is 3.24. The Morgan fingerprint density at radius 1 is 1.18 bits per heavy atom. The average Bonchev–Trinajstić information content (AvgIpc) is 2.72. The summed E-state index contributed by atoms with van der Waals surface area (Å²) in [5, 5.41) is 0.699. The van der Waals surface area contributed by atoms with E-state index in [-0.39, 0.29) is 0 Å². The molecule has 0 aliphatic carbocycles. The molecule has 0 radical (unpaired) electrons. The van der Waals surface area contributed by atoms with Gasteiger partial charge in [0.25, 0.3) is 0 Å². The molecule has 0 bridgehead atoms. The zero-order valence-corrected chi connectivity index (χ0v) is 9.72. The number of hydrogen-bond donors (Lipinski definition) is 1. The minimum absolute atomic E-state index is 0.699. The van der Waals surface area contributed by atoms with Gasteiger partial charge in [-0.15, -0.1) is 0 Å². The highest BCUT2D eigenvalue weighted by atomic mass is 35.5. The van der Waals surface area contributed by atoms with Gasteiger partial charge in [0.1, 0.15) is 5.82 Å². The molecule has 2 aromatic heterocycles. The maximum absolute atomic E-state index is 5.95. The van der Waals surface area contributed by atoms with Crippen molar-refractivity contribution in [2.24, 2.45) is 0 Å². The zero-order chi connectivity index (χ0) is 11.8. The number of benzene rings is 1. The number of fused-ring (bicyclic) bond motifs is 1. The van der Waals surface area contributed by atoms with Gasteiger partial charge in [-0.1, -0.05) is 23.7 Å². The van der Waals surface area contributed by atoms with Crippen molar-refractivity contribution in [3.8, 4) is 11.4 Å². The smallest absolute Gasteiger partial charge is 0.146 e. The van der Waals surface area contributed by atoms with Crippen molar-refractivity contribution >= 4 is 22.8 Å². The van der Waals surface area contributed by atoms with Gasteiger partial charge < -0.3 is 5.73 Å². The Hall–Kier alpha value is -2.00. The first-order valence-corrected chi connectivity index (χ1v) is 5.61. The third-order valence-corrected chi connectivity index (χ3v) is 2.93. The van der Waals surface area contributed by atoms with Crippen molar-refractivity contribution in [3.63, 3.8) is 0 Å². The highest BCUT2D eigenvalue weighted by Gasteiger charge is 2.08. The molecule has 0 saturated carbocycles. The molecule has 3 rings (SSSR count). The molecule has 1 aromatic carbocycles. The van der Waals surface area contributed by atoms with Crippen LogP contribution in [0.25, 0.3) is 16.9 Å². The molecule has 0 atom stereocenters. The normalized spacial score (nSPS) is 10.9. The second-order valence-corrected chi connectivity index (χ2v) is 4.25. The highest BCUT2D eigenvalue weighted by molar-refractivity contribution is 6.30. The van der Waals surface area contributed by atoms with Crippen LogP contribution in [0.3, 0.4) is 0 Å². The average molecular weight is 244 g/mol. The van der Waals surface area contributed by atoms with Crippen LogP contribution in [0.1, 0.15) is 0 Å². The fourth-order valence-electron chi connectivity index (χ4n) is 1.87. The van der Waals surface area contributed by atoms with Crippen LogP contribution in [0.2, 0.25) is 5.02 Å². The lowest BCUT2D eigenvalue weighted by atomic mass is 10.2. The minimum Gasteiger partial charge on any atom is -0.398 e. The van der Waals surface area contributed by atoms with Gasteiger partial charge >= 0.3 is 0 Å². The molecule has 2 heterocycles. The van der Waals surface area contributed by atoms with Gasteiger partial charge in [0.05, 0.1) is 11.7 Å². The molecule has 0 amide bonds. The van der Waals surface area contributed by atoms with E-state index in [1.165, 1.54) is 0 Å². The topological polar surface area (TPSA) is 43.3 Å². The van der Waals surface area contributed by atoms with Crippen molar-refractivity contribution < 1.29 is 0 Å². The van der Waals surface area contributed by atoms with Crippen molar-refractivity contribution in [2.75, 3.05) is 5.73 Å². The van der Waals surface area contributed by atoms with Gasteiger partial charge in [-0.2, -0.15) is 0 Å². The molecule has 0 fully saturated rings. The van der Waals surface area contributed by atoms with E-state index in [0.717, 1.165) is 22.6 Å². The third-order valence-electron chi connectivity index (χ3n) is 2.70. The van der Waals surface area contributed by atoms with Crippen LogP contribution in [-0.2, 0) is 0 Å². The quantitative estimate of drug-likeness (QED) is 0.667. The molecular weight excluding hydrogens is 234 g/mol. The zero-order valence-electron chi connectivity index (χ0n) is 8.97. The lowest BCUT2D eigenvalue weighted by Crippen LogP contribution is -1.94. The summed E-state index contributed by atoms with van der Waals surface area (Å²) < 4.78 is 1.97. The Morgan fingerprint density at radius 2 is 2.00 bits per heavy atom. The number of para-hydroxylation sites is 1. The lowest BCUT2D eigenvalue weighted by Gasteiger charge is -2.04. The molecule has 17 heavy (non-hydrogen) atoms. The summed E-state index contributed by atoms with van der Waals surface area (Å²) in [5.74, 6) is 0.828. The second kappa shape index (κ2) is 3.79. The minimum atomic E-state index is 0.699. The molecule has 0 unspecified atom stereocenters. The van der Waals surface area contributed by atoms with Crippen LogP contribution < -0.4 is 5.73 Å². The Labute approximate surface area is 103 Å². The molecule has 0 aliphatic heterocycles. The predicted molar refractivity (Wildman–Crippen MR) is 70.1 cm³/mol. The van der Waals surface area contributed by atoms with E-state index < -0.39 is 0 Å². The first kappa shape index (κ1) is 10.2. The molecule has 0 saturated heterocycles. The summed E-state index contributed by atoms with van der Waals surface area (Å²) in [4.78, 5) is 4.39. The van der Waals surface area contributed by atoms with Gasteiger partial charge in [-0.05, 0) is 24.3 Å². The van der Waals surface area contributed by atoms with Gasteiger partial charge in [-0.25, -0.2) is 4.98 Å². The van der Waals surface area contributed by atoms with Crippen LogP contribution >= 0.6 is 11.6 Å². The Balaban J connectivity index is 2.29. The highest BCUT2D eigenvalue weighted by Crippen LogP contribution is 2.26. The molecule has 0 spiro atoms. The number of anilines is 1. The van der Waals surface area contributed by atoms with Crippen LogP contribution in [0.15, 0.2) is 48.8 Å². The number of nitrogen functional groups attached to an aromatic ring is 1. The van der Waals surface area contributed by atoms with Gasteiger partial charge in [0.2, 0.25) is 0 Å². The summed E-state index contributed by atoms with van der Waals surface area (Å²) in [6.07, 6.45) is 3.68. The fourth-order valence-corrected chi connectivity index (χ4v) is 2.04. The lowest BCUT2D eigenvalue weighted by molar-refractivity contribution is 1.16. The van der Waals surface area contributed by atoms with E-state index >= 15 is 0 Å². The number of imidazole rings is 1. The molecule has 3 nitrogen and oxygen atoms in total. The monoisotopic (exact) mass is 243 g/mol. The number of pyridine rings is 1. The maximum atomic E-state index is 5.95. The Morgan fingerprint density at radius 3 is 2.82 bits per heavy atom. The Bertz CT molecular complexity index is 688. The summed E-state index contributed by atoms with van der Waals surface area (Å²) in [7, 11) is 0. The molecule has 3 aromatic rings. The van der Waals surface area contributed by atoms with Crippen molar-refractivity contribution in [3.05, 3.63) is 53.8 Å². The van der Waals surface area contributed by atoms with Crippen LogP contribution in [0.5, 0.6) is 0 Å². The van der Waals surface area contributed by atoms with E-state index in [9.17, 15) is 0 Å². The molecule has 2 N–H and O–H groups in total. The van der Waals surface area contributed by atoms with Crippen LogP contribution in [-0.4, -0.2) is 9.38 Å². The number of aromatic nitrogens is 2. The van der Waals surface area contributed by atoms with E-state index in [1.54, 1.807) is 6.20 Å². The largest absolute Gasteiger partial charge is 0.398 e. The third kappa shape index (κ3) is 1.65. The number of rotatable bonds is 1. The first-order chi connectivity index (χ1) is 8.25. The number of nitrogens with two attached hydrogens (primary N) is 1. The van der Waals surface area contributed by atoms with Crippen molar-refractivity contribution in [2.45, 2.75) is 0 Å². The van der Waals surface area contributed by atoms with Gasteiger partial charge in [0.15, 0.2) is 0 Å². The van der Waals surface area contributed by atoms with Crippen LogP contribution in [0, 0.1) is 0 Å². The summed E-state index contributed by atoms with van der Waals surface area (Å²) in [6.45, 7) is 0.